The Labute approximate surface area is 106 Å². The van der Waals surface area contributed by atoms with Gasteiger partial charge in [-0.1, -0.05) is 37.9 Å². The maximum absolute atomic E-state index is 11.1. The van der Waals surface area contributed by atoms with Crippen LogP contribution in [0.3, 0.4) is 0 Å². The van der Waals surface area contributed by atoms with Gasteiger partial charge in [-0.3, -0.25) is 0 Å². The Bertz CT molecular complexity index is 366. The first-order valence-corrected chi connectivity index (χ1v) is 6.02. The predicted octanol–water partition coefficient (Wildman–Crippen LogP) is 3.79. The highest BCUT2D eigenvalue weighted by Crippen LogP contribution is 2.26. The van der Waals surface area contributed by atoms with Crippen molar-refractivity contribution in [3.63, 3.8) is 0 Å². The molecule has 0 atom stereocenters. The maximum Gasteiger partial charge on any atom is 0.330 e. The summed E-state index contributed by atoms with van der Waals surface area (Å²) in [6, 6.07) is 5.74. The highest BCUT2D eigenvalue weighted by Gasteiger charge is 2.01. The zero-order valence-corrected chi connectivity index (χ0v) is 11.3. The van der Waals surface area contributed by atoms with Crippen LogP contribution in [0.5, 0.6) is 0 Å². The monoisotopic (exact) mass is 332 g/mol. The Morgan fingerprint density at radius 3 is 2.53 bits per heavy atom. The minimum atomic E-state index is -0.333. The van der Waals surface area contributed by atoms with Gasteiger partial charge in [-0.2, -0.15) is 0 Å². The van der Waals surface area contributed by atoms with Gasteiger partial charge in [0.25, 0.3) is 0 Å². The first-order chi connectivity index (χ1) is 7.15. The molecule has 0 heterocycles. The summed E-state index contributed by atoms with van der Waals surface area (Å²) in [7, 11) is 0. The van der Waals surface area contributed by atoms with E-state index in [1.54, 1.807) is 13.0 Å². The standard InChI is InChI=1S/C11H10Br2O2/c1-2-15-11(14)7-6-8-9(12)4-3-5-10(8)13/h3-7H,2H2,1H3. The normalized spacial score (nSPS) is 10.6. The molecule has 1 aromatic carbocycles. The van der Waals surface area contributed by atoms with Gasteiger partial charge in [0, 0.05) is 20.6 Å². The van der Waals surface area contributed by atoms with E-state index in [-0.39, 0.29) is 5.97 Å². The van der Waals surface area contributed by atoms with Crippen molar-refractivity contribution in [3.05, 3.63) is 38.8 Å². The van der Waals surface area contributed by atoms with Gasteiger partial charge in [-0.15, -0.1) is 0 Å². The number of benzene rings is 1. The fraction of sp³-hybridized carbons (Fsp3) is 0.182. The number of rotatable bonds is 3. The third-order valence-electron chi connectivity index (χ3n) is 1.67. The van der Waals surface area contributed by atoms with Crippen LogP contribution in [-0.2, 0) is 9.53 Å². The summed E-state index contributed by atoms with van der Waals surface area (Å²) < 4.78 is 6.64. The van der Waals surface area contributed by atoms with E-state index in [9.17, 15) is 4.79 Å². The molecule has 0 bridgehead atoms. The summed E-state index contributed by atoms with van der Waals surface area (Å²) in [6.07, 6.45) is 3.13. The summed E-state index contributed by atoms with van der Waals surface area (Å²) in [5, 5.41) is 0. The van der Waals surface area contributed by atoms with Crippen LogP contribution in [0.2, 0.25) is 0 Å². The molecule has 0 spiro atoms. The zero-order chi connectivity index (χ0) is 11.3. The quantitative estimate of drug-likeness (QED) is 0.621. The summed E-state index contributed by atoms with van der Waals surface area (Å²) in [4.78, 5) is 11.1. The molecule has 0 unspecified atom stereocenters. The summed E-state index contributed by atoms with van der Waals surface area (Å²) in [6.45, 7) is 2.17. The van der Waals surface area contributed by atoms with Gasteiger partial charge in [-0.25, -0.2) is 4.79 Å². The van der Waals surface area contributed by atoms with E-state index in [4.69, 9.17) is 4.74 Å². The van der Waals surface area contributed by atoms with Gasteiger partial charge < -0.3 is 4.74 Å². The number of ether oxygens (including phenoxy) is 1. The number of hydrogen-bond donors (Lipinski definition) is 0. The second kappa shape index (κ2) is 6.08. The number of esters is 1. The third kappa shape index (κ3) is 3.80. The molecule has 0 saturated heterocycles. The fourth-order valence-electron chi connectivity index (χ4n) is 1.01. The molecular weight excluding hydrogens is 324 g/mol. The van der Waals surface area contributed by atoms with E-state index in [0.29, 0.717) is 6.61 Å². The Morgan fingerprint density at radius 2 is 2.00 bits per heavy atom. The van der Waals surface area contributed by atoms with Crippen molar-refractivity contribution >= 4 is 43.9 Å². The molecule has 2 nitrogen and oxygen atoms in total. The van der Waals surface area contributed by atoms with Crippen LogP contribution < -0.4 is 0 Å². The number of carbonyl (C=O) groups is 1. The molecule has 0 aliphatic rings. The van der Waals surface area contributed by atoms with E-state index in [0.717, 1.165) is 14.5 Å². The largest absolute Gasteiger partial charge is 0.463 e. The molecule has 80 valence electrons. The molecule has 0 aliphatic heterocycles. The van der Waals surface area contributed by atoms with E-state index in [1.807, 2.05) is 18.2 Å². The number of hydrogen-bond acceptors (Lipinski definition) is 2. The topological polar surface area (TPSA) is 26.3 Å². The molecule has 0 fully saturated rings. The van der Waals surface area contributed by atoms with Crippen molar-refractivity contribution in [2.24, 2.45) is 0 Å². The lowest BCUT2D eigenvalue weighted by Gasteiger charge is -2.01. The van der Waals surface area contributed by atoms with E-state index in [2.05, 4.69) is 31.9 Å². The molecule has 0 amide bonds. The molecule has 0 aliphatic carbocycles. The summed E-state index contributed by atoms with van der Waals surface area (Å²) >= 11 is 6.81. The van der Waals surface area contributed by atoms with Gasteiger partial charge in [0.1, 0.15) is 0 Å². The molecule has 0 N–H and O–H groups in total. The molecule has 4 heteroatoms. The average Bonchev–Trinajstić information content (AvgIpc) is 2.17. The highest BCUT2D eigenvalue weighted by atomic mass is 79.9. The number of carbonyl (C=O) groups excluding carboxylic acids is 1. The minimum absolute atomic E-state index is 0.333. The fourth-order valence-corrected chi connectivity index (χ4v) is 2.27. The first-order valence-electron chi connectivity index (χ1n) is 4.44. The van der Waals surface area contributed by atoms with Crippen LogP contribution in [0.4, 0.5) is 0 Å². The van der Waals surface area contributed by atoms with E-state index >= 15 is 0 Å². The van der Waals surface area contributed by atoms with Crippen molar-refractivity contribution in [3.8, 4) is 0 Å². The first kappa shape index (κ1) is 12.5. The van der Waals surface area contributed by atoms with E-state index in [1.165, 1.54) is 6.08 Å². The lowest BCUT2D eigenvalue weighted by atomic mass is 10.2. The lowest BCUT2D eigenvalue weighted by molar-refractivity contribution is -0.137. The molecular formula is C11H10Br2O2. The number of halogens is 2. The van der Waals surface area contributed by atoms with Gasteiger partial charge in [-0.05, 0) is 25.1 Å². The van der Waals surface area contributed by atoms with Gasteiger partial charge in [0.2, 0.25) is 0 Å². The Morgan fingerprint density at radius 1 is 1.40 bits per heavy atom. The van der Waals surface area contributed by atoms with Gasteiger partial charge >= 0.3 is 5.97 Å². The molecule has 1 aromatic rings. The maximum atomic E-state index is 11.1. The van der Waals surface area contributed by atoms with Crippen molar-refractivity contribution in [2.45, 2.75) is 6.92 Å². The Kier molecular flexibility index (Phi) is 5.05. The van der Waals surface area contributed by atoms with Crippen molar-refractivity contribution in [1.29, 1.82) is 0 Å². The molecule has 0 radical (unpaired) electrons. The lowest BCUT2D eigenvalue weighted by Crippen LogP contribution is -1.98. The highest BCUT2D eigenvalue weighted by molar-refractivity contribution is 9.11. The predicted molar refractivity (Wildman–Crippen MR) is 67.5 cm³/mol. The zero-order valence-electron chi connectivity index (χ0n) is 8.17. The Balaban J connectivity index is 2.84. The molecule has 1 rings (SSSR count). The van der Waals surface area contributed by atoms with E-state index < -0.39 is 0 Å². The van der Waals surface area contributed by atoms with Crippen molar-refractivity contribution in [2.75, 3.05) is 6.61 Å². The minimum Gasteiger partial charge on any atom is -0.463 e. The summed E-state index contributed by atoms with van der Waals surface area (Å²) in [5.41, 5.74) is 0.922. The molecule has 0 saturated carbocycles. The smallest absolute Gasteiger partial charge is 0.330 e. The second-order valence-electron chi connectivity index (χ2n) is 2.72. The van der Waals surface area contributed by atoms with Crippen LogP contribution in [0.15, 0.2) is 33.2 Å². The van der Waals surface area contributed by atoms with Crippen LogP contribution in [0.1, 0.15) is 12.5 Å². The average molecular weight is 334 g/mol. The molecule has 0 aromatic heterocycles. The summed E-state index contributed by atoms with van der Waals surface area (Å²) in [5.74, 6) is -0.333. The van der Waals surface area contributed by atoms with Crippen LogP contribution in [-0.4, -0.2) is 12.6 Å². The van der Waals surface area contributed by atoms with Crippen LogP contribution in [0.25, 0.3) is 6.08 Å². The van der Waals surface area contributed by atoms with Gasteiger partial charge in [0.05, 0.1) is 6.61 Å². The Hall–Kier alpha value is -0.610. The second-order valence-corrected chi connectivity index (χ2v) is 4.43. The SMILES string of the molecule is CCOC(=O)C=Cc1c(Br)cccc1Br. The van der Waals surface area contributed by atoms with Crippen molar-refractivity contribution < 1.29 is 9.53 Å². The molecule has 15 heavy (non-hydrogen) atoms. The third-order valence-corrected chi connectivity index (χ3v) is 3.06. The van der Waals surface area contributed by atoms with Gasteiger partial charge in [0.15, 0.2) is 0 Å². The van der Waals surface area contributed by atoms with Crippen LogP contribution in [0, 0.1) is 0 Å². The van der Waals surface area contributed by atoms with Crippen molar-refractivity contribution in [1.82, 2.24) is 0 Å². The van der Waals surface area contributed by atoms with Crippen LogP contribution >= 0.6 is 31.9 Å².